The first-order valence-corrected chi connectivity index (χ1v) is 5.54. The highest BCUT2D eigenvalue weighted by Crippen LogP contribution is 2.19. The maximum absolute atomic E-state index is 11.6. The van der Waals surface area contributed by atoms with Gasteiger partial charge < -0.3 is 10.6 Å². The molecule has 1 amide bonds. The van der Waals surface area contributed by atoms with E-state index in [1.165, 1.54) is 0 Å². The van der Waals surface area contributed by atoms with Crippen molar-refractivity contribution in [1.29, 1.82) is 0 Å². The molecule has 0 saturated carbocycles. The van der Waals surface area contributed by atoms with E-state index >= 15 is 0 Å². The number of amides is 1. The number of likely N-dealkylation sites (N-methyl/N-ethyl adjacent to an activating group) is 1. The molecule has 4 heteroatoms. The van der Waals surface area contributed by atoms with E-state index in [1.54, 1.807) is 4.90 Å². The summed E-state index contributed by atoms with van der Waals surface area (Å²) in [5.41, 5.74) is 5.80. The highest BCUT2D eigenvalue weighted by molar-refractivity contribution is 5.78. The minimum atomic E-state index is 0.0877. The van der Waals surface area contributed by atoms with Crippen molar-refractivity contribution >= 4 is 5.91 Å². The van der Waals surface area contributed by atoms with Gasteiger partial charge in [0.1, 0.15) is 0 Å². The van der Waals surface area contributed by atoms with Gasteiger partial charge in [-0.15, -0.1) is 0 Å². The average Bonchev–Trinajstić information content (AvgIpc) is 2.14. The second-order valence-corrected chi connectivity index (χ2v) is 5.40. The summed E-state index contributed by atoms with van der Waals surface area (Å²) >= 11 is 0. The Kier molecular flexibility index (Phi) is 3.73. The van der Waals surface area contributed by atoms with Crippen molar-refractivity contribution in [2.75, 3.05) is 33.2 Å². The summed E-state index contributed by atoms with van der Waals surface area (Å²) in [4.78, 5) is 15.6. The summed E-state index contributed by atoms with van der Waals surface area (Å²) in [5, 5.41) is 0. The zero-order valence-corrected chi connectivity index (χ0v) is 10.3. The second kappa shape index (κ2) is 4.49. The van der Waals surface area contributed by atoms with Gasteiger partial charge in [0, 0.05) is 26.2 Å². The molecule has 0 spiro atoms. The third kappa shape index (κ3) is 3.18. The fourth-order valence-corrected chi connectivity index (χ4v) is 1.89. The first-order chi connectivity index (χ1) is 6.85. The standard InChI is InChI=1S/C11H23N3O/c1-9-5-13(4)10(15)6-14(9)8-11(2,3)7-12/h9H,5-8,12H2,1-4H3. The van der Waals surface area contributed by atoms with Crippen molar-refractivity contribution in [2.45, 2.75) is 26.8 Å². The van der Waals surface area contributed by atoms with Gasteiger partial charge in [-0.2, -0.15) is 0 Å². The molecular formula is C11H23N3O. The molecule has 1 heterocycles. The van der Waals surface area contributed by atoms with Crippen LogP contribution in [0.2, 0.25) is 0 Å². The minimum absolute atomic E-state index is 0.0877. The predicted octanol–water partition coefficient (Wildman–Crippen LogP) is 0.134. The molecule has 0 radical (unpaired) electrons. The van der Waals surface area contributed by atoms with Crippen LogP contribution in [0.25, 0.3) is 0 Å². The molecule has 88 valence electrons. The molecule has 1 unspecified atom stereocenters. The lowest BCUT2D eigenvalue weighted by Crippen LogP contribution is -2.56. The lowest BCUT2D eigenvalue weighted by atomic mass is 9.92. The van der Waals surface area contributed by atoms with Gasteiger partial charge in [0.2, 0.25) is 5.91 Å². The van der Waals surface area contributed by atoms with Crippen LogP contribution >= 0.6 is 0 Å². The van der Waals surface area contributed by atoms with E-state index in [9.17, 15) is 4.79 Å². The van der Waals surface area contributed by atoms with Gasteiger partial charge in [0.05, 0.1) is 6.54 Å². The van der Waals surface area contributed by atoms with Gasteiger partial charge in [-0.05, 0) is 18.9 Å². The van der Waals surface area contributed by atoms with Gasteiger partial charge in [-0.25, -0.2) is 0 Å². The van der Waals surface area contributed by atoms with Gasteiger partial charge in [-0.3, -0.25) is 9.69 Å². The van der Waals surface area contributed by atoms with E-state index in [1.807, 2.05) is 7.05 Å². The zero-order chi connectivity index (χ0) is 11.6. The zero-order valence-electron chi connectivity index (χ0n) is 10.3. The Morgan fingerprint density at radius 3 is 2.67 bits per heavy atom. The van der Waals surface area contributed by atoms with Crippen LogP contribution < -0.4 is 5.73 Å². The molecule has 1 aliphatic heterocycles. The highest BCUT2D eigenvalue weighted by Gasteiger charge is 2.30. The quantitative estimate of drug-likeness (QED) is 0.725. The van der Waals surface area contributed by atoms with Crippen LogP contribution in [0.5, 0.6) is 0 Å². The fraction of sp³-hybridized carbons (Fsp3) is 0.909. The number of hydrogen-bond acceptors (Lipinski definition) is 3. The number of rotatable bonds is 3. The number of nitrogens with two attached hydrogens (primary N) is 1. The van der Waals surface area contributed by atoms with Crippen LogP contribution in [-0.4, -0.2) is 55.0 Å². The van der Waals surface area contributed by atoms with E-state index in [4.69, 9.17) is 5.73 Å². The molecule has 1 rings (SSSR count). The van der Waals surface area contributed by atoms with Gasteiger partial charge in [0.25, 0.3) is 0 Å². The molecule has 0 aromatic heterocycles. The molecule has 1 saturated heterocycles. The Morgan fingerprint density at radius 2 is 2.13 bits per heavy atom. The molecule has 1 fully saturated rings. The average molecular weight is 213 g/mol. The van der Waals surface area contributed by atoms with E-state index < -0.39 is 0 Å². The van der Waals surface area contributed by atoms with E-state index in [2.05, 4.69) is 25.7 Å². The predicted molar refractivity (Wildman–Crippen MR) is 61.5 cm³/mol. The van der Waals surface area contributed by atoms with E-state index in [-0.39, 0.29) is 11.3 Å². The minimum Gasteiger partial charge on any atom is -0.343 e. The summed E-state index contributed by atoms with van der Waals surface area (Å²) in [7, 11) is 1.87. The summed E-state index contributed by atoms with van der Waals surface area (Å²) in [6.45, 7) is 9.34. The Balaban J connectivity index is 2.59. The number of nitrogens with zero attached hydrogens (tertiary/aromatic N) is 2. The number of carbonyl (C=O) groups excluding carboxylic acids is 1. The third-order valence-corrected chi connectivity index (χ3v) is 3.11. The fourth-order valence-electron chi connectivity index (χ4n) is 1.89. The first kappa shape index (κ1) is 12.5. The monoisotopic (exact) mass is 213 g/mol. The maximum atomic E-state index is 11.6. The molecular weight excluding hydrogens is 190 g/mol. The molecule has 0 aromatic rings. The number of carbonyl (C=O) groups is 1. The lowest BCUT2D eigenvalue weighted by Gasteiger charge is -2.41. The molecule has 1 atom stereocenters. The number of hydrogen-bond donors (Lipinski definition) is 1. The van der Waals surface area contributed by atoms with Crippen LogP contribution in [0, 0.1) is 5.41 Å². The highest BCUT2D eigenvalue weighted by atomic mass is 16.2. The molecule has 0 aromatic carbocycles. The Labute approximate surface area is 92.4 Å². The normalized spacial score (nSPS) is 24.7. The van der Waals surface area contributed by atoms with E-state index in [0.29, 0.717) is 19.1 Å². The van der Waals surface area contributed by atoms with Crippen molar-refractivity contribution in [3.63, 3.8) is 0 Å². The van der Waals surface area contributed by atoms with Crippen LogP contribution in [0.1, 0.15) is 20.8 Å². The Hall–Kier alpha value is -0.610. The molecule has 15 heavy (non-hydrogen) atoms. The van der Waals surface area contributed by atoms with Crippen molar-refractivity contribution in [1.82, 2.24) is 9.80 Å². The Bertz CT molecular complexity index is 240. The topological polar surface area (TPSA) is 49.6 Å². The summed E-state index contributed by atoms with van der Waals surface area (Å²) in [6.07, 6.45) is 0. The first-order valence-electron chi connectivity index (χ1n) is 5.54. The van der Waals surface area contributed by atoms with Crippen molar-refractivity contribution < 1.29 is 4.79 Å². The van der Waals surface area contributed by atoms with Crippen LogP contribution in [0.4, 0.5) is 0 Å². The summed E-state index contributed by atoms with van der Waals surface area (Å²) in [5.74, 6) is 0.209. The summed E-state index contributed by atoms with van der Waals surface area (Å²) < 4.78 is 0. The van der Waals surface area contributed by atoms with Crippen molar-refractivity contribution in [3.8, 4) is 0 Å². The van der Waals surface area contributed by atoms with E-state index in [0.717, 1.165) is 13.1 Å². The smallest absolute Gasteiger partial charge is 0.236 e. The Morgan fingerprint density at radius 1 is 1.53 bits per heavy atom. The van der Waals surface area contributed by atoms with Crippen LogP contribution in [0.15, 0.2) is 0 Å². The van der Waals surface area contributed by atoms with Gasteiger partial charge >= 0.3 is 0 Å². The van der Waals surface area contributed by atoms with Gasteiger partial charge in [0.15, 0.2) is 0 Å². The largest absolute Gasteiger partial charge is 0.343 e. The molecule has 1 aliphatic rings. The summed E-state index contributed by atoms with van der Waals surface area (Å²) in [6, 6.07) is 0.429. The molecule has 2 N–H and O–H groups in total. The molecule has 0 bridgehead atoms. The van der Waals surface area contributed by atoms with Crippen LogP contribution in [0.3, 0.4) is 0 Å². The molecule has 0 aliphatic carbocycles. The van der Waals surface area contributed by atoms with Gasteiger partial charge in [-0.1, -0.05) is 13.8 Å². The van der Waals surface area contributed by atoms with Crippen molar-refractivity contribution in [3.05, 3.63) is 0 Å². The van der Waals surface area contributed by atoms with Crippen LogP contribution in [-0.2, 0) is 4.79 Å². The second-order valence-electron chi connectivity index (χ2n) is 5.40. The third-order valence-electron chi connectivity index (χ3n) is 3.11. The SMILES string of the molecule is CC1CN(C)C(=O)CN1CC(C)(C)CN. The number of piperazine rings is 1. The maximum Gasteiger partial charge on any atom is 0.236 e. The lowest BCUT2D eigenvalue weighted by molar-refractivity contribution is -0.137. The molecule has 4 nitrogen and oxygen atoms in total. The van der Waals surface area contributed by atoms with Crippen molar-refractivity contribution in [2.24, 2.45) is 11.1 Å².